The molecule has 4 amide bonds. The number of nitrogens with zero attached hydrogens (tertiary/aromatic N) is 1. The van der Waals surface area contributed by atoms with Crippen LogP contribution in [0.5, 0.6) is 0 Å². The number of carbonyl (C=O) groups is 2. The number of urea groups is 2. The first-order valence-electron chi connectivity index (χ1n) is 6.61. The minimum Gasteiger partial charge on any atom is -0.323 e. The van der Waals surface area contributed by atoms with Gasteiger partial charge in [0.05, 0.1) is 0 Å². The van der Waals surface area contributed by atoms with Crippen LogP contribution in [0.3, 0.4) is 0 Å². The largest absolute Gasteiger partial charge is 0.348 e. The molecule has 0 fully saturated rings. The van der Waals surface area contributed by atoms with Gasteiger partial charge in [0.15, 0.2) is 0 Å². The van der Waals surface area contributed by atoms with Gasteiger partial charge in [-0.3, -0.25) is 0 Å². The number of nitrogens with one attached hydrogen (secondary N) is 3. The van der Waals surface area contributed by atoms with E-state index in [9.17, 15) is 9.59 Å². The summed E-state index contributed by atoms with van der Waals surface area (Å²) in [5.41, 5.74) is 1.40. The Kier molecular flexibility index (Phi) is 7.53. The molecule has 0 saturated heterocycles. The van der Waals surface area contributed by atoms with Gasteiger partial charge in [0.1, 0.15) is 0 Å². The molecule has 0 aliphatic heterocycles. The lowest BCUT2D eigenvalue weighted by molar-refractivity contribution is 0.257. The highest BCUT2D eigenvalue weighted by atomic mass is 33.1. The topological polar surface area (TPSA) is 82.6 Å². The maximum Gasteiger partial charge on any atom is 0.348 e. The molecule has 2 aromatic rings. The van der Waals surface area contributed by atoms with E-state index in [-0.39, 0.29) is 6.03 Å². The zero-order chi connectivity index (χ0) is 17.4. The monoisotopic (exact) mass is 396 g/mol. The Hall–Kier alpha value is -1.59. The average molecular weight is 396 g/mol. The number of carbonyl (C=O) groups excluding carboxylic acids is 2. The first-order valence-corrected chi connectivity index (χ1v) is 9.79. The smallest absolute Gasteiger partial charge is 0.323 e. The average Bonchev–Trinajstić information content (AvgIpc) is 2.62. The van der Waals surface area contributed by atoms with E-state index in [0.717, 1.165) is 15.5 Å². The van der Waals surface area contributed by atoms with Crippen molar-refractivity contribution in [2.45, 2.75) is 9.79 Å². The van der Waals surface area contributed by atoms with Crippen molar-refractivity contribution in [1.29, 1.82) is 0 Å². The summed E-state index contributed by atoms with van der Waals surface area (Å²) in [7, 11) is 8.13. The van der Waals surface area contributed by atoms with Gasteiger partial charge in [-0.25, -0.2) is 9.59 Å². The number of rotatable bonds is 5. The second-order valence-electron chi connectivity index (χ2n) is 4.36. The third kappa shape index (κ3) is 6.13. The summed E-state index contributed by atoms with van der Waals surface area (Å²) in [6.45, 7) is 0. The molecule has 2 aromatic carbocycles. The summed E-state index contributed by atoms with van der Waals surface area (Å²) >= 11 is 0. The van der Waals surface area contributed by atoms with Crippen molar-refractivity contribution in [1.82, 2.24) is 5.09 Å². The van der Waals surface area contributed by atoms with E-state index in [2.05, 4.69) is 38.9 Å². The fourth-order valence-electron chi connectivity index (χ4n) is 1.60. The SMILES string of the molecule is O=C(N=P)Nc1ccc(SSc2ccc(NC(=O)NP)cc2)cc1. The van der Waals surface area contributed by atoms with Gasteiger partial charge in [0.2, 0.25) is 0 Å². The maximum absolute atomic E-state index is 11.2. The first-order chi connectivity index (χ1) is 11.6. The second-order valence-corrected chi connectivity index (χ2v) is 7.14. The van der Waals surface area contributed by atoms with E-state index in [4.69, 9.17) is 0 Å². The summed E-state index contributed by atoms with van der Waals surface area (Å²) in [5.74, 6) is 0. The third-order valence-corrected chi connectivity index (χ3v) is 5.57. The molecule has 1 unspecified atom stereocenters. The molecule has 0 saturated carbocycles. The molecule has 1 atom stereocenters. The molecule has 0 aromatic heterocycles. The molecule has 0 radical (unpaired) electrons. The summed E-state index contributed by atoms with van der Waals surface area (Å²) in [5, 5.41) is 7.71. The Morgan fingerprint density at radius 3 is 1.75 bits per heavy atom. The van der Waals surface area contributed by atoms with E-state index in [1.807, 2.05) is 48.5 Å². The van der Waals surface area contributed by atoms with Crippen LogP contribution in [0.4, 0.5) is 21.0 Å². The van der Waals surface area contributed by atoms with E-state index >= 15 is 0 Å². The molecular weight excluding hydrogens is 382 g/mol. The van der Waals surface area contributed by atoms with Crippen LogP contribution >= 0.6 is 40.0 Å². The van der Waals surface area contributed by atoms with Gasteiger partial charge in [-0.1, -0.05) is 21.6 Å². The van der Waals surface area contributed by atoms with E-state index in [0.29, 0.717) is 5.69 Å². The van der Waals surface area contributed by atoms with E-state index in [1.54, 1.807) is 21.6 Å². The van der Waals surface area contributed by atoms with Gasteiger partial charge in [-0.05, 0) is 67.0 Å². The van der Waals surface area contributed by atoms with Crippen molar-refractivity contribution < 1.29 is 9.59 Å². The number of hydrogen-bond donors (Lipinski definition) is 3. The van der Waals surface area contributed by atoms with Gasteiger partial charge in [-0.2, -0.15) is 4.74 Å². The zero-order valence-corrected chi connectivity index (χ0v) is 16.1. The predicted octanol–water partition coefficient (Wildman–Crippen LogP) is 5.26. The minimum absolute atomic E-state index is 0.283. The number of anilines is 2. The lowest BCUT2D eigenvalue weighted by atomic mass is 10.3. The lowest BCUT2D eigenvalue weighted by Gasteiger charge is -2.06. The van der Waals surface area contributed by atoms with Crippen LogP contribution in [0.25, 0.3) is 0 Å². The third-order valence-electron chi connectivity index (χ3n) is 2.68. The standard InChI is InChI=1S/C14H14N4O2P2S2/c19-13(17-21)15-9-1-5-11(6-2-9)23-24-12-7-3-10(4-8-12)16-14(20)18-22/h1-8,21H,22H2,(H,15,19)(H2,16,18,20). The van der Waals surface area contributed by atoms with Gasteiger partial charge >= 0.3 is 12.1 Å². The molecule has 0 aliphatic carbocycles. The molecule has 0 heterocycles. The fourth-order valence-corrected chi connectivity index (χ4v) is 3.66. The Bertz CT molecular complexity index is 727. The summed E-state index contributed by atoms with van der Waals surface area (Å²) in [4.78, 5) is 24.4. The molecule has 0 bridgehead atoms. The summed E-state index contributed by atoms with van der Waals surface area (Å²) < 4.78 is 3.33. The van der Waals surface area contributed by atoms with Crippen LogP contribution in [0.1, 0.15) is 0 Å². The van der Waals surface area contributed by atoms with Crippen LogP contribution in [-0.4, -0.2) is 12.1 Å². The van der Waals surface area contributed by atoms with Crippen LogP contribution < -0.4 is 15.7 Å². The van der Waals surface area contributed by atoms with Crippen LogP contribution in [-0.2, 0) is 0 Å². The van der Waals surface area contributed by atoms with Crippen molar-refractivity contribution in [3.63, 3.8) is 0 Å². The highest BCUT2D eigenvalue weighted by Gasteiger charge is 2.02. The van der Waals surface area contributed by atoms with Gasteiger partial charge < -0.3 is 15.7 Å². The summed E-state index contributed by atoms with van der Waals surface area (Å²) in [6, 6.07) is 14.3. The van der Waals surface area contributed by atoms with Crippen molar-refractivity contribution >= 4 is 63.4 Å². The van der Waals surface area contributed by atoms with Gasteiger partial charge in [0, 0.05) is 21.2 Å². The number of amides is 4. The molecule has 3 N–H and O–H groups in total. The molecule has 124 valence electrons. The molecule has 6 nitrogen and oxygen atoms in total. The maximum atomic E-state index is 11.2. The van der Waals surface area contributed by atoms with Crippen molar-refractivity contribution in [2.75, 3.05) is 10.6 Å². The van der Waals surface area contributed by atoms with Crippen molar-refractivity contribution in [3.05, 3.63) is 48.5 Å². The van der Waals surface area contributed by atoms with Crippen molar-refractivity contribution in [2.24, 2.45) is 4.74 Å². The molecule has 0 aliphatic rings. The van der Waals surface area contributed by atoms with Gasteiger partial charge in [0.25, 0.3) is 0 Å². The lowest BCUT2D eigenvalue weighted by Crippen LogP contribution is -2.19. The Morgan fingerprint density at radius 1 is 0.875 bits per heavy atom. The molecule has 10 heteroatoms. The highest BCUT2D eigenvalue weighted by molar-refractivity contribution is 8.76. The Balaban J connectivity index is 1.87. The molecule has 0 spiro atoms. The van der Waals surface area contributed by atoms with Crippen LogP contribution in [0, 0.1) is 0 Å². The molecular formula is C14H14N4O2P2S2. The van der Waals surface area contributed by atoms with E-state index in [1.165, 1.54) is 0 Å². The first kappa shape index (κ1) is 18.7. The van der Waals surface area contributed by atoms with Crippen LogP contribution in [0.15, 0.2) is 63.1 Å². The second kappa shape index (κ2) is 9.64. The number of hydrogen-bond acceptors (Lipinski definition) is 4. The fraction of sp³-hybridized carbons (Fsp3) is 0. The van der Waals surface area contributed by atoms with Crippen molar-refractivity contribution in [3.8, 4) is 0 Å². The quantitative estimate of drug-likeness (QED) is 0.476. The molecule has 2 rings (SSSR count). The zero-order valence-electron chi connectivity index (χ0n) is 12.3. The van der Waals surface area contributed by atoms with Gasteiger partial charge in [-0.15, -0.1) is 0 Å². The van der Waals surface area contributed by atoms with Crippen LogP contribution in [0.2, 0.25) is 0 Å². The molecule has 24 heavy (non-hydrogen) atoms. The Labute approximate surface area is 151 Å². The highest BCUT2D eigenvalue weighted by Crippen LogP contribution is 2.37. The Morgan fingerprint density at radius 2 is 1.33 bits per heavy atom. The minimum atomic E-state index is -0.453. The number of benzene rings is 2. The van der Waals surface area contributed by atoms with E-state index < -0.39 is 6.03 Å². The predicted molar refractivity (Wildman–Crippen MR) is 106 cm³/mol. The normalized spacial score (nSPS) is 9.88. The summed E-state index contributed by atoms with van der Waals surface area (Å²) in [6.07, 6.45) is 0.